The predicted molar refractivity (Wildman–Crippen MR) is 137 cm³/mol. The van der Waals surface area contributed by atoms with Crippen molar-refractivity contribution in [3.05, 3.63) is 29.3 Å². The minimum absolute atomic E-state index is 0.112. The normalized spacial score (nSPS) is 33.9. The minimum Gasteiger partial charge on any atom is -0.441 e. The second-order valence-electron chi connectivity index (χ2n) is 11.4. The van der Waals surface area contributed by atoms with Crippen LogP contribution in [0.15, 0.2) is 29.2 Å². The summed E-state index contributed by atoms with van der Waals surface area (Å²) in [4.78, 5) is 17.7. The fraction of sp³-hybridized carbons (Fsp3) is 0.731. The summed E-state index contributed by atoms with van der Waals surface area (Å²) in [6, 6.07) is 5.87. The fourth-order valence-corrected chi connectivity index (χ4v) is 8.88. The van der Waals surface area contributed by atoms with Crippen LogP contribution in [0.25, 0.3) is 0 Å². The smallest absolute Gasteiger partial charge is 0.410 e. The molecule has 9 nitrogen and oxygen atoms in total. The zero-order valence-corrected chi connectivity index (χ0v) is 22.7. The summed E-state index contributed by atoms with van der Waals surface area (Å²) in [5.41, 5.74) is -0.884. The number of nitrogens with zero attached hydrogens (tertiary/aromatic N) is 3. The van der Waals surface area contributed by atoms with Crippen molar-refractivity contribution in [2.24, 2.45) is 5.92 Å². The van der Waals surface area contributed by atoms with Crippen LogP contribution in [0, 0.1) is 5.92 Å². The van der Waals surface area contributed by atoms with Gasteiger partial charge in [-0.05, 0) is 75.6 Å². The summed E-state index contributed by atoms with van der Waals surface area (Å²) in [5.74, 6) is 0.238. The van der Waals surface area contributed by atoms with Gasteiger partial charge in [-0.2, -0.15) is 4.31 Å². The van der Waals surface area contributed by atoms with Crippen molar-refractivity contribution < 1.29 is 27.8 Å². The van der Waals surface area contributed by atoms with Gasteiger partial charge in [-0.25, -0.2) is 13.2 Å². The van der Waals surface area contributed by atoms with Crippen LogP contribution in [0.5, 0.6) is 0 Å². The van der Waals surface area contributed by atoms with Gasteiger partial charge in [-0.3, -0.25) is 4.90 Å². The molecule has 2 saturated carbocycles. The monoisotopic (exact) mass is 553 g/mol. The molecule has 37 heavy (non-hydrogen) atoms. The number of halogens is 1. The molecule has 0 spiro atoms. The van der Waals surface area contributed by atoms with E-state index >= 15 is 0 Å². The molecule has 5 atom stereocenters. The van der Waals surface area contributed by atoms with Crippen LogP contribution >= 0.6 is 11.6 Å². The van der Waals surface area contributed by atoms with E-state index in [0.29, 0.717) is 37.5 Å². The van der Waals surface area contributed by atoms with E-state index in [9.17, 15) is 18.3 Å². The highest BCUT2D eigenvalue weighted by Crippen LogP contribution is 2.51. The molecular formula is C26H36ClN3O6S. The average Bonchev–Trinajstić information content (AvgIpc) is 3.79. The summed E-state index contributed by atoms with van der Waals surface area (Å²) >= 11 is 6.05. The number of piperazine rings is 1. The number of likely N-dealkylation sites (tertiary alicyclic amines) is 1. The van der Waals surface area contributed by atoms with Crippen LogP contribution in [0.2, 0.25) is 5.02 Å². The Bertz CT molecular complexity index is 1110. The molecule has 11 heteroatoms. The molecule has 2 aliphatic carbocycles. The van der Waals surface area contributed by atoms with E-state index in [4.69, 9.17) is 21.1 Å². The lowest BCUT2D eigenvalue weighted by Crippen LogP contribution is -2.64. The first-order valence-electron chi connectivity index (χ1n) is 13.5. The van der Waals surface area contributed by atoms with Crippen LogP contribution in [0.1, 0.15) is 45.4 Å². The maximum absolute atomic E-state index is 14.1. The molecular weight excluding hydrogens is 518 g/mol. The molecule has 2 bridgehead atoms. The number of carbonyl (C=O) groups excluding carboxylic acids is 1. The van der Waals surface area contributed by atoms with Crippen LogP contribution in [0.3, 0.4) is 0 Å². The van der Waals surface area contributed by atoms with Gasteiger partial charge in [0.1, 0.15) is 5.60 Å². The Morgan fingerprint density at radius 3 is 2.35 bits per heavy atom. The maximum Gasteiger partial charge on any atom is 0.410 e. The third-order valence-electron chi connectivity index (χ3n) is 8.98. The number of ether oxygens (including phenoxy) is 2. The van der Waals surface area contributed by atoms with Gasteiger partial charge < -0.3 is 19.5 Å². The van der Waals surface area contributed by atoms with Crippen molar-refractivity contribution in [2.45, 2.75) is 86.2 Å². The van der Waals surface area contributed by atoms with Crippen LogP contribution in [0.4, 0.5) is 4.79 Å². The molecule has 204 valence electrons. The van der Waals surface area contributed by atoms with Crippen molar-refractivity contribution in [2.75, 3.05) is 32.8 Å². The van der Waals surface area contributed by atoms with Crippen molar-refractivity contribution in [3.63, 3.8) is 0 Å². The van der Waals surface area contributed by atoms with Crippen LogP contribution in [-0.4, -0.2) is 102 Å². The third kappa shape index (κ3) is 4.67. The van der Waals surface area contributed by atoms with Gasteiger partial charge in [0.05, 0.1) is 36.3 Å². The van der Waals surface area contributed by atoms with Gasteiger partial charge in [0.2, 0.25) is 10.0 Å². The molecule has 5 fully saturated rings. The first-order chi connectivity index (χ1) is 17.7. The maximum atomic E-state index is 14.1. The number of aliphatic hydroxyl groups is 1. The van der Waals surface area contributed by atoms with E-state index in [1.807, 2.05) is 6.92 Å². The first kappa shape index (κ1) is 25.8. The summed E-state index contributed by atoms with van der Waals surface area (Å²) < 4.78 is 42.2. The van der Waals surface area contributed by atoms with Crippen molar-refractivity contribution in [1.29, 1.82) is 0 Å². The van der Waals surface area contributed by atoms with E-state index in [-0.39, 0.29) is 54.3 Å². The zero-order chi connectivity index (χ0) is 25.9. The molecule has 3 aliphatic heterocycles. The number of fused-ring (bicyclic) bond motifs is 2. The highest BCUT2D eigenvalue weighted by molar-refractivity contribution is 7.89. The Hall–Kier alpha value is -1.43. The van der Waals surface area contributed by atoms with E-state index in [1.165, 1.54) is 0 Å². The lowest BCUT2D eigenvalue weighted by Gasteiger charge is -2.47. The largest absolute Gasteiger partial charge is 0.441 e. The third-order valence-corrected chi connectivity index (χ3v) is 11.2. The molecule has 6 rings (SSSR count). The van der Waals surface area contributed by atoms with Gasteiger partial charge in [0.25, 0.3) is 0 Å². The lowest BCUT2D eigenvalue weighted by atomic mass is 9.99. The van der Waals surface area contributed by atoms with Gasteiger partial charge in [-0.1, -0.05) is 11.6 Å². The topological polar surface area (TPSA) is 99.6 Å². The zero-order valence-electron chi connectivity index (χ0n) is 21.2. The van der Waals surface area contributed by atoms with E-state index in [2.05, 4.69) is 4.90 Å². The van der Waals surface area contributed by atoms with Gasteiger partial charge in [-0.15, -0.1) is 0 Å². The van der Waals surface area contributed by atoms with Crippen molar-refractivity contribution in [3.8, 4) is 0 Å². The predicted octanol–water partition coefficient (Wildman–Crippen LogP) is 2.71. The lowest BCUT2D eigenvalue weighted by molar-refractivity contribution is -0.110. The number of hydrogen-bond acceptors (Lipinski definition) is 7. The van der Waals surface area contributed by atoms with Gasteiger partial charge >= 0.3 is 6.09 Å². The Balaban J connectivity index is 1.25. The molecule has 1 aromatic carbocycles. The standard InChI is InChI=1S/C26H36ClN3O6S/c1-17-24(18-2-3-18)30(37(33,34)22-8-4-19(27)5-9-22)23(16-35-17)26(10-11-26)36-25(32)28-14-20-6-7-21(15-28)29(20)12-13-31/h4-5,8-9,17-18,20-21,23-24,31H,2-3,6-7,10-16H2,1H3/t17-,20?,21?,23+,24-/m0/s1. The molecule has 3 saturated heterocycles. The number of morpholine rings is 1. The molecule has 1 N–H and O–H groups in total. The summed E-state index contributed by atoms with van der Waals surface area (Å²) in [6.07, 6.45) is 4.55. The average molecular weight is 554 g/mol. The summed E-state index contributed by atoms with van der Waals surface area (Å²) in [5, 5.41) is 9.89. The Labute approximate surface area is 223 Å². The number of hydrogen-bond donors (Lipinski definition) is 1. The fourth-order valence-electron chi connectivity index (χ4n) is 6.78. The van der Waals surface area contributed by atoms with E-state index in [0.717, 1.165) is 25.7 Å². The molecule has 1 amide bonds. The second kappa shape index (κ2) is 9.64. The number of aliphatic hydroxyl groups excluding tert-OH is 1. The molecule has 1 aromatic rings. The van der Waals surface area contributed by atoms with E-state index < -0.39 is 21.7 Å². The number of carbonyl (C=O) groups is 1. The molecule has 0 radical (unpaired) electrons. The van der Waals surface area contributed by atoms with Crippen molar-refractivity contribution in [1.82, 2.24) is 14.1 Å². The number of amides is 1. The first-order valence-corrected chi connectivity index (χ1v) is 15.3. The molecule has 3 heterocycles. The summed E-state index contributed by atoms with van der Waals surface area (Å²) in [6.45, 7) is 4.01. The van der Waals surface area contributed by atoms with Gasteiger partial charge in [0, 0.05) is 36.7 Å². The molecule has 0 aromatic heterocycles. The highest BCUT2D eigenvalue weighted by atomic mass is 35.5. The van der Waals surface area contributed by atoms with Crippen LogP contribution in [-0.2, 0) is 19.5 Å². The number of benzene rings is 1. The number of rotatable bonds is 7. The van der Waals surface area contributed by atoms with Crippen LogP contribution < -0.4 is 0 Å². The number of sulfonamides is 1. The highest BCUT2D eigenvalue weighted by Gasteiger charge is 2.63. The molecule has 2 unspecified atom stereocenters. The Morgan fingerprint density at radius 1 is 1.14 bits per heavy atom. The minimum atomic E-state index is -3.88. The Kier molecular flexibility index (Phi) is 6.73. The summed E-state index contributed by atoms with van der Waals surface area (Å²) in [7, 11) is -3.88. The van der Waals surface area contributed by atoms with E-state index in [1.54, 1.807) is 33.5 Å². The quantitative estimate of drug-likeness (QED) is 0.554. The second-order valence-corrected chi connectivity index (χ2v) is 13.6. The van der Waals surface area contributed by atoms with Gasteiger partial charge in [0.15, 0.2) is 0 Å². The SMILES string of the molecule is C[C@@H]1OC[C@H](C2(OC(=O)N3CC4CCC(C3)N4CCO)CC2)N(S(=O)(=O)c2ccc(Cl)cc2)[C@@H]1C1CC1. The molecule has 5 aliphatic rings. The van der Waals surface area contributed by atoms with Crippen molar-refractivity contribution >= 4 is 27.7 Å². The Morgan fingerprint density at radius 2 is 1.78 bits per heavy atom.